The van der Waals surface area contributed by atoms with Crippen LogP contribution in [0.5, 0.6) is 5.75 Å². The van der Waals surface area contributed by atoms with Crippen molar-refractivity contribution in [3.05, 3.63) is 65.7 Å². The van der Waals surface area contributed by atoms with Gasteiger partial charge in [-0.25, -0.2) is 4.79 Å². The number of nitrogens with two attached hydrogens (primary N) is 1. The first kappa shape index (κ1) is 22.7. The molecule has 2 atom stereocenters. The second kappa shape index (κ2) is 10.8. The molecule has 2 rings (SSSR count). The fraction of sp³-hybridized carbons (Fsp3) is 0.318. The summed E-state index contributed by atoms with van der Waals surface area (Å²) in [5, 5.41) is 14.5. The summed E-state index contributed by atoms with van der Waals surface area (Å²) in [5.74, 6) is -1.40. The summed E-state index contributed by atoms with van der Waals surface area (Å²) in [6.07, 6.45) is -0.577. The quantitative estimate of drug-likeness (QED) is 0.498. The number of phenols is 1. The summed E-state index contributed by atoms with van der Waals surface area (Å²) in [4.78, 5) is 36.7. The van der Waals surface area contributed by atoms with Gasteiger partial charge in [-0.15, -0.1) is 0 Å². The zero-order valence-electron chi connectivity index (χ0n) is 17.0. The number of hydrogen-bond acceptors (Lipinski definition) is 5. The van der Waals surface area contributed by atoms with E-state index in [9.17, 15) is 19.5 Å². The zero-order valence-corrected chi connectivity index (χ0v) is 17.0. The van der Waals surface area contributed by atoms with Gasteiger partial charge in [0.15, 0.2) is 0 Å². The van der Waals surface area contributed by atoms with Crippen LogP contribution in [0.1, 0.15) is 25.0 Å². The van der Waals surface area contributed by atoms with Gasteiger partial charge in [0, 0.05) is 6.42 Å². The maximum Gasteiger partial charge on any atom is 0.408 e. The van der Waals surface area contributed by atoms with Crippen LogP contribution in [0.3, 0.4) is 0 Å². The van der Waals surface area contributed by atoms with Crippen molar-refractivity contribution in [2.24, 2.45) is 11.7 Å². The highest BCUT2D eigenvalue weighted by atomic mass is 16.5. The van der Waals surface area contributed by atoms with E-state index in [1.165, 1.54) is 12.1 Å². The average molecular weight is 413 g/mol. The number of benzene rings is 2. The monoisotopic (exact) mass is 413 g/mol. The largest absolute Gasteiger partial charge is 0.508 e. The van der Waals surface area contributed by atoms with Crippen LogP contribution < -0.4 is 16.4 Å². The summed E-state index contributed by atoms with van der Waals surface area (Å²) in [7, 11) is 0. The molecule has 2 unspecified atom stereocenters. The summed E-state index contributed by atoms with van der Waals surface area (Å²) in [5.41, 5.74) is 6.97. The van der Waals surface area contributed by atoms with Crippen LogP contribution in [0, 0.1) is 5.92 Å². The van der Waals surface area contributed by atoms with Crippen LogP contribution in [-0.2, 0) is 27.4 Å². The summed E-state index contributed by atoms with van der Waals surface area (Å²) in [6, 6.07) is 13.5. The van der Waals surface area contributed by atoms with E-state index in [0.717, 1.165) is 5.56 Å². The Morgan fingerprint density at radius 2 is 1.60 bits per heavy atom. The molecule has 0 aliphatic carbocycles. The van der Waals surface area contributed by atoms with E-state index >= 15 is 0 Å². The molecule has 0 aliphatic heterocycles. The highest BCUT2D eigenvalue weighted by Crippen LogP contribution is 2.12. The number of phenolic OH excluding ortho intramolecular Hbond substituents is 1. The normalized spacial score (nSPS) is 12.6. The number of aromatic hydroxyl groups is 1. The lowest BCUT2D eigenvalue weighted by Gasteiger charge is -2.24. The van der Waals surface area contributed by atoms with E-state index in [1.807, 2.05) is 30.3 Å². The molecule has 0 saturated heterocycles. The second-order valence-electron chi connectivity index (χ2n) is 7.26. The van der Waals surface area contributed by atoms with Gasteiger partial charge in [0.05, 0.1) is 0 Å². The zero-order chi connectivity index (χ0) is 22.1. The number of carbonyl (C=O) groups is 3. The number of rotatable bonds is 9. The van der Waals surface area contributed by atoms with Gasteiger partial charge in [0.1, 0.15) is 24.4 Å². The third-order valence-electron chi connectivity index (χ3n) is 4.47. The number of primary amides is 1. The van der Waals surface area contributed by atoms with Crippen molar-refractivity contribution in [1.29, 1.82) is 0 Å². The fourth-order valence-corrected chi connectivity index (χ4v) is 2.78. The molecular formula is C22H27N3O5. The first-order valence-electron chi connectivity index (χ1n) is 9.61. The second-order valence-corrected chi connectivity index (χ2v) is 7.26. The minimum atomic E-state index is -0.967. The molecule has 0 radical (unpaired) electrons. The number of alkyl carbamates (subject to hydrolysis) is 1. The van der Waals surface area contributed by atoms with Crippen LogP contribution in [0.25, 0.3) is 0 Å². The van der Waals surface area contributed by atoms with Crippen molar-refractivity contribution in [3.63, 3.8) is 0 Å². The van der Waals surface area contributed by atoms with Crippen molar-refractivity contribution in [3.8, 4) is 5.75 Å². The summed E-state index contributed by atoms with van der Waals surface area (Å²) >= 11 is 0. The molecule has 8 nitrogen and oxygen atoms in total. The first-order valence-corrected chi connectivity index (χ1v) is 9.61. The van der Waals surface area contributed by atoms with Crippen LogP contribution >= 0.6 is 0 Å². The molecule has 8 heteroatoms. The van der Waals surface area contributed by atoms with Gasteiger partial charge in [-0.3, -0.25) is 9.59 Å². The molecule has 0 bridgehead atoms. The Balaban J connectivity index is 1.97. The Morgan fingerprint density at radius 3 is 2.17 bits per heavy atom. The molecule has 0 spiro atoms. The lowest BCUT2D eigenvalue weighted by Crippen LogP contribution is -2.55. The highest BCUT2D eigenvalue weighted by Gasteiger charge is 2.28. The minimum Gasteiger partial charge on any atom is -0.508 e. The third-order valence-corrected chi connectivity index (χ3v) is 4.47. The van der Waals surface area contributed by atoms with Crippen LogP contribution in [0.4, 0.5) is 4.79 Å². The maximum atomic E-state index is 12.7. The standard InChI is InChI=1S/C22H27N3O5/c1-14(2)19(25-22(29)30-13-16-6-4-3-5-7-16)21(28)24-18(20(23)27)12-15-8-10-17(26)11-9-15/h3-11,14,18-19,26H,12-13H2,1-2H3,(H2,23,27)(H,24,28)(H,25,29). The van der Waals surface area contributed by atoms with E-state index in [-0.39, 0.29) is 24.7 Å². The lowest BCUT2D eigenvalue weighted by atomic mass is 10.0. The molecule has 0 heterocycles. The van der Waals surface area contributed by atoms with Gasteiger partial charge in [-0.05, 0) is 29.2 Å². The van der Waals surface area contributed by atoms with Gasteiger partial charge in [-0.2, -0.15) is 0 Å². The van der Waals surface area contributed by atoms with E-state index in [0.29, 0.717) is 5.56 Å². The Labute approximate surface area is 175 Å². The van der Waals surface area contributed by atoms with Crippen molar-refractivity contribution in [2.75, 3.05) is 0 Å². The lowest BCUT2D eigenvalue weighted by molar-refractivity contribution is -0.129. The molecule has 30 heavy (non-hydrogen) atoms. The van der Waals surface area contributed by atoms with Crippen LogP contribution in [0.15, 0.2) is 54.6 Å². The van der Waals surface area contributed by atoms with Crippen LogP contribution in [0.2, 0.25) is 0 Å². The minimum absolute atomic E-state index is 0.0733. The van der Waals surface area contributed by atoms with Crippen molar-refractivity contribution >= 4 is 17.9 Å². The highest BCUT2D eigenvalue weighted by molar-refractivity contribution is 5.91. The van der Waals surface area contributed by atoms with E-state index in [2.05, 4.69) is 10.6 Å². The van der Waals surface area contributed by atoms with Crippen molar-refractivity contribution < 1.29 is 24.2 Å². The summed E-state index contributed by atoms with van der Waals surface area (Å²) in [6.45, 7) is 3.60. The first-order chi connectivity index (χ1) is 14.3. The number of amides is 3. The molecular weight excluding hydrogens is 386 g/mol. The summed E-state index contributed by atoms with van der Waals surface area (Å²) < 4.78 is 5.17. The average Bonchev–Trinajstić information content (AvgIpc) is 2.71. The van der Waals surface area contributed by atoms with Gasteiger partial charge in [0.2, 0.25) is 11.8 Å². The fourth-order valence-electron chi connectivity index (χ4n) is 2.78. The van der Waals surface area contributed by atoms with Gasteiger partial charge in [-0.1, -0.05) is 56.3 Å². The molecule has 3 amide bonds. The predicted molar refractivity (Wildman–Crippen MR) is 111 cm³/mol. The van der Waals surface area contributed by atoms with E-state index in [4.69, 9.17) is 10.5 Å². The molecule has 0 saturated carbocycles. The number of nitrogens with one attached hydrogen (secondary N) is 2. The number of hydrogen-bond donors (Lipinski definition) is 4. The van der Waals surface area contributed by atoms with Crippen molar-refractivity contribution in [2.45, 2.75) is 39.0 Å². The molecule has 0 fully saturated rings. The van der Waals surface area contributed by atoms with Gasteiger partial charge in [0.25, 0.3) is 0 Å². The Morgan fingerprint density at radius 1 is 0.967 bits per heavy atom. The Kier molecular flexibility index (Phi) is 8.22. The van der Waals surface area contributed by atoms with Gasteiger partial charge >= 0.3 is 6.09 Å². The molecule has 160 valence electrons. The van der Waals surface area contributed by atoms with Crippen LogP contribution in [-0.4, -0.2) is 35.1 Å². The number of ether oxygens (including phenoxy) is 1. The van der Waals surface area contributed by atoms with Gasteiger partial charge < -0.3 is 26.2 Å². The molecule has 5 N–H and O–H groups in total. The molecule has 0 aromatic heterocycles. The Bertz CT molecular complexity index is 853. The third kappa shape index (κ3) is 7.12. The van der Waals surface area contributed by atoms with Crippen molar-refractivity contribution in [1.82, 2.24) is 10.6 Å². The molecule has 0 aliphatic rings. The van der Waals surface area contributed by atoms with E-state index in [1.54, 1.807) is 26.0 Å². The SMILES string of the molecule is CC(C)C(NC(=O)OCc1ccccc1)C(=O)NC(Cc1ccc(O)cc1)C(N)=O. The topological polar surface area (TPSA) is 131 Å². The Hall–Kier alpha value is -3.55. The number of carbonyl (C=O) groups excluding carboxylic acids is 3. The molecule has 2 aromatic carbocycles. The maximum absolute atomic E-state index is 12.7. The predicted octanol–water partition coefficient (Wildman–Crippen LogP) is 1.86. The molecule has 2 aromatic rings. The van der Waals surface area contributed by atoms with E-state index < -0.39 is 30.0 Å². The smallest absolute Gasteiger partial charge is 0.408 e.